The zero-order chi connectivity index (χ0) is 13.1. The predicted octanol–water partition coefficient (Wildman–Crippen LogP) is 3.57. The lowest BCUT2D eigenvalue weighted by Crippen LogP contribution is -2.16. The highest BCUT2D eigenvalue weighted by atomic mass is 35.5. The van der Waals surface area contributed by atoms with Crippen molar-refractivity contribution in [1.82, 2.24) is 9.88 Å². The van der Waals surface area contributed by atoms with Gasteiger partial charge in [-0.15, -0.1) is 23.7 Å². The average Bonchev–Trinajstić information content (AvgIpc) is 2.69. The number of anilines is 1. The Morgan fingerprint density at radius 3 is 2.74 bits per heavy atom. The maximum atomic E-state index is 13.0. The number of hydrogen-bond acceptors (Lipinski definition) is 4. The van der Waals surface area contributed by atoms with Crippen LogP contribution in [0.25, 0.3) is 0 Å². The van der Waals surface area contributed by atoms with Crippen molar-refractivity contribution in [2.24, 2.45) is 0 Å². The van der Waals surface area contributed by atoms with Crippen molar-refractivity contribution in [3.8, 4) is 0 Å². The van der Waals surface area contributed by atoms with E-state index in [1.165, 1.54) is 17.4 Å². The van der Waals surface area contributed by atoms with Crippen LogP contribution in [0.5, 0.6) is 0 Å². The van der Waals surface area contributed by atoms with Crippen LogP contribution in [0.3, 0.4) is 0 Å². The third-order valence-electron chi connectivity index (χ3n) is 2.43. The summed E-state index contributed by atoms with van der Waals surface area (Å²) in [6.07, 6.45) is 1.77. The Morgan fingerprint density at radius 1 is 1.42 bits per heavy atom. The second-order valence-electron chi connectivity index (χ2n) is 4.09. The summed E-state index contributed by atoms with van der Waals surface area (Å²) >= 11 is 7.21. The first kappa shape index (κ1) is 16.2. The summed E-state index contributed by atoms with van der Waals surface area (Å²) in [5.74, 6) is -0.390. The Labute approximate surface area is 126 Å². The summed E-state index contributed by atoms with van der Waals surface area (Å²) in [6.45, 7) is 1.45. The van der Waals surface area contributed by atoms with Crippen molar-refractivity contribution in [1.29, 1.82) is 0 Å². The third-order valence-corrected chi connectivity index (χ3v) is 3.53. The molecule has 1 aromatic carbocycles. The van der Waals surface area contributed by atoms with Crippen LogP contribution in [0.4, 0.5) is 9.52 Å². The fourth-order valence-corrected chi connectivity index (χ4v) is 2.63. The van der Waals surface area contributed by atoms with Crippen LogP contribution in [0.15, 0.2) is 24.4 Å². The molecule has 0 radical (unpaired) electrons. The van der Waals surface area contributed by atoms with Crippen LogP contribution in [-0.4, -0.2) is 16.9 Å². The molecule has 0 saturated heterocycles. The van der Waals surface area contributed by atoms with E-state index in [0.29, 0.717) is 11.7 Å². The van der Waals surface area contributed by atoms with Crippen LogP contribution in [0, 0.1) is 5.82 Å². The molecule has 0 bridgehead atoms. The Balaban J connectivity index is 0.00000180. The predicted molar refractivity (Wildman–Crippen MR) is 80.4 cm³/mol. The van der Waals surface area contributed by atoms with Crippen molar-refractivity contribution in [2.75, 3.05) is 12.8 Å². The molecule has 1 aromatic heterocycles. The van der Waals surface area contributed by atoms with E-state index in [2.05, 4.69) is 9.88 Å². The molecule has 0 saturated carbocycles. The van der Waals surface area contributed by atoms with Crippen LogP contribution >= 0.6 is 35.3 Å². The Kier molecular flexibility index (Phi) is 6.00. The second kappa shape index (κ2) is 7.05. The van der Waals surface area contributed by atoms with E-state index in [-0.39, 0.29) is 17.4 Å². The minimum absolute atomic E-state index is 0. The van der Waals surface area contributed by atoms with Gasteiger partial charge in [0.05, 0.1) is 5.02 Å². The highest BCUT2D eigenvalue weighted by molar-refractivity contribution is 7.15. The molecule has 0 atom stereocenters. The topological polar surface area (TPSA) is 42.2 Å². The van der Waals surface area contributed by atoms with Gasteiger partial charge in [-0.05, 0) is 24.7 Å². The summed E-state index contributed by atoms with van der Waals surface area (Å²) < 4.78 is 13.0. The maximum Gasteiger partial charge on any atom is 0.180 e. The molecule has 0 amide bonds. The van der Waals surface area contributed by atoms with Crippen molar-refractivity contribution >= 4 is 40.5 Å². The smallest absolute Gasteiger partial charge is 0.180 e. The fraction of sp³-hybridized carbons (Fsp3) is 0.250. The first-order valence-electron chi connectivity index (χ1n) is 5.37. The SMILES string of the molecule is CN(Cc1ccc(F)c(Cl)c1)Cc1cnc(N)s1.Cl. The van der Waals surface area contributed by atoms with Crippen molar-refractivity contribution in [3.63, 3.8) is 0 Å². The lowest BCUT2D eigenvalue weighted by molar-refractivity contribution is 0.321. The number of thiazole rings is 1. The molecular weight excluding hydrogens is 308 g/mol. The molecule has 19 heavy (non-hydrogen) atoms. The Morgan fingerprint density at radius 2 is 2.16 bits per heavy atom. The van der Waals surface area contributed by atoms with Gasteiger partial charge in [-0.25, -0.2) is 9.37 Å². The normalized spacial score (nSPS) is 10.5. The average molecular weight is 322 g/mol. The van der Waals surface area contributed by atoms with Gasteiger partial charge in [0.25, 0.3) is 0 Å². The van der Waals surface area contributed by atoms with Gasteiger partial charge in [0.2, 0.25) is 0 Å². The van der Waals surface area contributed by atoms with Gasteiger partial charge in [0, 0.05) is 24.2 Å². The minimum atomic E-state index is -0.390. The van der Waals surface area contributed by atoms with Gasteiger partial charge in [-0.2, -0.15) is 0 Å². The standard InChI is InChI=1S/C12H13ClFN3S.ClH/c1-17(7-9-5-16-12(15)18-9)6-8-2-3-11(14)10(13)4-8;/h2-5H,6-7H2,1H3,(H2,15,16);1H. The molecule has 0 unspecified atom stereocenters. The number of benzene rings is 1. The molecule has 0 spiro atoms. The van der Waals surface area contributed by atoms with Crippen LogP contribution < -0.4 is 5.73 Å². The van der Waals surface area contributed by atoms with E-state index in [1.807, 2.05) is 7.05 Å². The number of rotatable bonds is 4. The maximum absolute atomic E-state index is 13.0. The van der Waals surface area contributed by atoms with E-state index < -0.39 is 5.82 Å². The van der Waals surface area contributed by atoms with Crippen LogP contribution in [0.1, 0.15) is 10.4 Å². The minimum Gasteiger partial charge on any atom is -0.375 e. The van der Waals surface area contributed by atoms with E-state index in [4.69, 9.17) is 17.3 Å². The van der Waals surface area contributed by atoms with E-state index in [9.17, 15) is 4.39 Å². The van der Waals surface area contributed by atoms with Crippen LogP contribution in [0.2, 0.25) is 5.02 Å². The number of nitrogens with two attached hydrogens (primary N) is 1. The zero-order valence-corrected chi connectivity index (χ0v) is 12.7. The molecule has 2 N–H and O–H groups in total. The Bertz CT molecular complexity index is 548. The third kappa shape index (κ3) is 4.62. The summed E-state index contributed by atoms with van der Waals surface area (Å²) in [4.78, 5) is 7.20. The number of halogens is 3. The molecule has 104 valence electrons. The molecule has 1 heterocycles. The molecule has 0 fully saturated rings. The quantitative estimate of drug-likeness (QED) is 0.936. The van der Waals surface area contributed by atoms with Gasteiger partial charge in [0.1, 0.15) is 5.82 Å². The van der Waals surface area contributed by atoms with E-state index >= 15 is 0 Å². The molecule has 7 heteroatoms. The molecule has 2 aromatic rings. The van der Waals surface area contributed by atoms with E-state index in [0.717, 1.165) is 17.0 Å². The highest BCUT2D eigenvalue weighted by Crippen LogP contribution is 2.19. The number of aromatic nitrogens is 1. The monoisotopic (exact) mass is 321 g/mol. The molecule has 0 aliphatic heterocycles. The Hall–Kier alpha value is -0.880. The highest BCUT2D eigenvalue weighted by Gasteiger charge is 2.06. The molecule has 3 nitrogen and oxygen atoms in total. The van der Waals surface area contributed by atoms with E-state index in [1.54, 1.807) is 18.3 Å². The summed E-state index contributed by atoms with van der Waals surface area (Å²) in [5.41, 5.74) is 6.55. The van der Waals surface area contributed by atoms with Gasteiger partial charge in [-0.3, -0.25) is 4.90 Å². The molecule has 2 rings (SSSR count). The van der Waals surface area contributed by atoms with Gasteiger partial charge >= 0.3 is 0 Å². The number of nitrogen functional groups attached to an aromatic ring is 1. The molecule has 0 aliphatic carbocycles. The van der Waals surface area contributed by atoms with Crippen molar-refractivity contribution < 1.29 is 4.39 Å². The van der Waals surface area contributed by atoms with Crippen molar-refractivity contribution in [2.45, 2.75) is 13.1 Å². The molecule has 0 aliphatic rings. The summed E-state index contributed by atoms with van der Waals surface area (Å²) in [7, 11) is 1.98. The lowest BCUT2D eigenvalue weighted by Gasteiger charge is -2.15. The fourth-order valence-electron chi connectivity index (χ4n) is 1.67. The zero-order valence-electron chi connectivity index (χ0n) is 10.3. The lowest BCUT2D eigenvalue weighted by atomic mass is 10.2. The summed E-state index contributed by atoms with van der Waals surface area (Å²) in [5, 5.41) is 0.728. The number of hydrogen-bond donors (Lipinski definition) is 1. The van der Waals surface area contributed by atoms with Crippen molar-refractivity contribution in [3.05, 3.63) is 45.7 Å². The van der Waals surface area contributed by atoms with Gasteiger partial charge < -0.3 is 5.73 Å². The first-order chi connectivity index (χ1) is 8.54. The van der Waals surface area contributed by atoms with Crippen LogP contribution in [-0.2, 0) is 13.1 Å². The van der Waals surface area contributed by atoms with Gasteiger partial charge in [-0.1, -0.05) is 17.7 Å². The van der Waals surface area contributed by atoms with Gasteiger partial charge in [0.15, 0.2) is 5.13 Å². The first-order valence-corrected chi connectivity index (χ1v) is 6.56. The largest absolute Gasteiger partial charge is 0.375 e. The number of nitrogens with zero attached hydrogens (tertiary/aromatic N) is 2. The second-order valence-corrected chi connectivity index (χ2v) is 5.64. The molecular formula is C12H14Cl2FN3S. The summed E-state index contributed by atoms with van der Waals surface area (Å²) in [6, 6.07) is 4.77.